The third-order valence-electron chi connectivity index (χ3n) is 4.22. The van der Waals surface area contributed by atoms with Crippen molar-refractivity contribution in [3.8, 4) is 0 Å². The molecule has 0 saturated carbocycles. The molecule has 8 heteroatoms. The Morgan fingerprint density at radius 2 is 1.81 bits per heavy atom. The molecule has 1 aromatic rings. The van der Waals surface area contributed by atoms with E-state index in [2.05, 4.69) is 5.32 Å². The maximum Gasteiger partial charge on any atom is 0.326 e. The molecule has 1 aromatic carbocycles. The van der Waals surface area contributed by atoms with Gasteiger partial charge in [-0.2, -0.15) is 4.31 Å². The summed E-state index contributed by atoms with van der Waals surface area (Å²) in [4.78, 5) is 23.8. The number of rotatable bonds is 10. The molecular weight excluding hydrogens is 356 g/mol. The van der Waals surface area contributed by atoms with Gasteiger partial charge in [0.1, 0.15) is 6.04 Å². The van der Waals surface area contributed by atoms with Crippen molar-refractivity contribution in [2.45, 2.75) is 57.9 Å². The van der Waals surface area contributed by atoms with Gasteiger partial charge in [-0.25, -0.2) is 13.2 Å². The molecule has 146 valence electrons. The van der Waals surface area contributed by atoms with E-state index in [0.717, 1.165) is 6.42 Å². The summed E-state index contributed by atoms with van der Waals surface area (Å²) >= 11 is 0. The molecule has 0 heterocycles. The highest BCUT2D eigenvalue weighted by molar-refractivity contribution is 7.89. The summed E-state index contributed by atoms with van der Waals surface area (Å²) < 4.78 is 26.8. The molecule has 0 spiro atoms. The Balaban J connectivity index is 3.16. The molecule has 0 saturated heterocycles. The zero-order valence-corrected chi connectivity index (χ0v) is 16.6. The molecule has 0 radical (unpaired) electrons. The molecule has 0 aromatic heterocycles. The summed E-state index contributed by atoms with van der Waals surface area (Å²) in [6, 6.07) is 3.39. The lowest BCUT2D eigenvalue weighted by molar-refractivity contribution is -0.139. The number of aryl methyl sites for hydroxylation is 1. The van der Waals surface area contributed by atoms with E-state index in [1.807, 2.05) is 6.92 Å². The highest BCUT2D eigenvalue weighted by Gasteiger charge is 2.26. The van der Waals surface area contributed by atoms with Crippen LogP contribution in [0.4, 0.5) is 0 Å². The number of carboxylic acids is 1. The monoisotopic (exact) mass is 384 g/mol. The smallest absolute Gasteiger partial charge is 0.326 e. The van der Waals surface area contributed by atoms with Crippen molar-refractivity contribution < 1.29 is 23.1 Å². The molecule has 0 aliphatic carbocycles. The number of amides is 1. The lowest BCUT2D eigenvalue weighted by Gasteiger charge is -2.20. The van der Waals surface area contributed by atoms with E-state index in [-0.39, 0.29) is 10.5 Å². The Kier molecular flexibility index (Phi) is 8.23. The molecule has 2 N–H and O–H groups in total. The first-order chi connectivity index (χ1) is 12.2. The summed E-state index contributed by atoms with van der Waals surface area (Å²) in [6.45, 7) is 7.75. The summed E-state index contributed by atoms with van der Waals surface area (Å²) in [7, 11) is -3.71. The second kappa shape index (κ2) is 9.68. The summed E-state index contributed by atoms with van der Waals surface area (Å²) in [5, 5.41) is 11.7. The van der Waals surface area contributed by atoms with Gasteiger partial charge in [0.15, 0.2) is 0 Å². The second-order valence-electron chi connectivity index (χ2n) is 6.08. The first-order valence-corrected chi connectivity index (χ1v) is 10.3. The Morgan fingerprint density at radius 1 is 1.19 bits per heavy atom. The number of hydrogen-bond donors (Lipinski definition) is 2. The Labute approximate surface area is 155 Å². The third kappa shape index (κ3) is 5.28. The Hall–Kier alpha value is -1.93. The van der Waals surface area contributed by atoms with Gasteiger partial charge in [0.05, 0.1) is 4.90 Å². The predicted molar refractivity (Wildman–Crippen MR) is 99.7 cm³/mol. The summed E-state index contributed by atoms with van der Waals surface area (Å²) in [5.41, 5.74) is 0.665. The van der Waals surface area contributed by atoms with Crippen LogP contribution in [-0.4, -0.2) is 48.8 Å². The maximum absolute atomic E-state index is 12.8. The number of unbranched alkanes of at least 4 members (excludes halogenated alkanes) is 1. The van der Waals surface area contributed by atoms with Gasteiger partial charge >= 0.3 is 5.97 Å². The quantitative estimate of drug-likeness (QED) is 0.645. The molecule has 1 unspecified atom stereocenters. The van der Waals surface area contributed by atoms with Crippen LogP contribution in [0, 0.1) is 6.92 Å². The number of nitrogens with zero attached hydrogens (tertiary/aromatic N) is 1. The number of benzene rings is 1. The minimum Gasteiger partial charge on any atom is -0.480 e. The zero-order valence-electron chi connectivity index (χ0n) is 15.8. The van der Waals surface area contributed by atoms with Crippen molar-refractivity contribution in [3.63, 3.8) is 0 Å². The number of carboxylic acid groups (broad SMARTS) is 1. The zero-order chi connectivity index (χ0) is 19.9. The van der Waals surface area contributed by atoms with Crippen molar-refractivity contribution in [3.05, 3.63) is 29.3 Å². The third-order valence-corrected chi connectivity index (χ3v) is 6.42. The van der Waals surface area contributed by atoms with Crippen molar-refractivity contribution in [1.29, 1.82) is 0 Å². The molecular formula is C18H28N2O5S. The van der Waals surface area contributed by atoms with Gasteiger partial charge in [-0.3, -0.25) is 4.79 Å². The molecule has 26 heavy (non-hydrogen) atoms. The van der Waals surface area contributed by atoms with Crippen LogP contribution in [0.2, 0.25) is 0 Å². The van der Waals surface area contributed by atoms with E-state index in [4.69, 9.17) is 0 Å². The largest absolute Gasteiger partial charge is 0.480 e. The minimum atomic E-state index is -3.71. The van der Waals surface area contributed by atoms with Gasteiger partial charge < -0.3 is 10.4 Å². The van der Waals surface area contributed by atoms with Gasteiger partial charge in [0, 0.05) is 18.7 Å². The first-order valence-electron chi connectivity index (χ1n) is 8.83. The normalized spacial score (nSPS) is 12.8. The lowest BCUT2D eigenvalue weighted by Crippen LogP contribution is -2.40. The van der Waals surface area contributed by atoms with E-state index in [1.165, 1.54) is 16.4 Å². The summed E-state index contributed by atoms with van der Waals surface area (Å²) in [5.74, 6) is -1.70. The van der Waals surface area contributed by atoms with Crippen LogP contribution in [0.15, 0.2) is 23.1 Å². The Bertz CT molecular complexity index is 742. The van der Waals surface area contributed by atoms with Crippen LogP contribution in [0.3, 0.4) is 0 Å². The van der Waals surface area contributed by atoms with Gasteiger partial charge in [-0.15, -0.1) is 0 Å². The van der Waals surface area contributed by atoms with E-state index in [1.54, 1.807) is 26.8 Å². The number of hydrogen-bond acceptors (Lipinski definition) is 4. The van der Waals surface area contributed by atoms with Crippen LogP contribution < -0.4 is 5.32 Å². The SMILES string of the molecule is CCCCC(NC(=O)c1ccc(C)c(S(=O)(=O)N(CC)CC)c1)C(=O)O. The van der Waals surface area contributed by atoms with Crippen LogP contribution in [-0.2, 0) is 14.8 Å². The van der Waals surface area contributed by atoms with E-state index in [9.17, 15) is 23.1 Å². The fraction of sp³-hybridized carbons (Fsp3) is 0.556. The highest BCUT2D eigenvalue weighted by Crippen LogP contribution is 2.21. The minimum absolute atomic E-state index is 0.0642. The summed E-state index contributed by atoms with van der Waals surface area (Å²) in [6.07, 6.45) is 1.82. The number of carbonyl (C=O) groups excluding carboxylic acids is 1. The second-order valence-corrected chi connectivity index (χ2v) is 7.98. The number of aliphatic carboxylic acids is 1. The molecule has 0 fully saturated rings. The average molecular weight is 384 g/mol. The molecule has 7 nitrogen and oxygen atoms in total. The maximum atomic E-state index is 12.8. The van der Waals surface area contributed by atoms with Gasteiger partial charge in [0.25, 0.3) is 5.91 Å². The number of carbonyl (C=O) groups is 2. The van der Waals surface area contributed by atoms with Gasteiger partial charge in [-0.1, -0.05) is 39.7 Å². The van der Waals surface area contributed by atoms with E-state index >= 15 is 0 Å². The molecule has 1 rings (SSSR count). The fourth-order valence-electron chi connectivity index (χ4n) is 2.63. The van der Waals surface area contributed by atoms with Gasteiger partial charge in [-0.05, 0) is 31.0 Å². The lowest BCUT2D eigenvalue weighted by atomic mass is 10.1. The Morgan fingerprint density at radius 3 is 2.31 bits per heavy atom. The van der Waals surface area contributed by atoms with Crippen LogP contribution in [0.5, 0.6) is 0 Å². The van der Waals surface area contributed by atoms with E-state index < -0.39 is 27.9 Å². The van der Waals surface area contributed by atoms with Crippen LogP contribution in [0.1, 0.15) is 56.0 Å². The fourth-order valence-corrected chi connectivity index (χ4v) is 4.34. The molecule has 1 atom stereocenters. The average Bonchev–Trinajstić information content (AvgIpc) is 2.59. The van der Waals surface area contributed by atoms with E-state index in [0.29, 0.717) is 31.5 Å². The molecule has 0 bridgehead atoms. The number of sulfonamides is 1. The van der Waals surface area contributed by atoms with Gasteiger partial charge in [0.2, 0.25) is 10.0 Å². The van der Waals surface area contributed by atoms with Crippen molar-refractivity contribution >= 4 is 21.9 Å². The molecule has 0 aliphatic rings. The standard InChI is InChI=1S/C18H28N2O5S/c1-5-8-9-15(18(22)23)19-17(21)14-11-10-13(4)16(12-14)26(24,25)20(6-2)7-3/h10-12,15H,5-9H2,1-4H3,(H,19,21)(H,22,23). The topological polar surface area (TPSA) is 104 Å². The van der Waals surface area contributed by atoms with Crippen LogP contribution in [0.25, 0.3) is 0 Å². The van der Waals surface area contributed by atoms with Crippen molar-refractivity contribution in [2.24, 2.45) is 0 Å². The van der Waals surface area contributed by atoms with Crippen molar-refractivity contribution in [2.75, 3.05) is 13.1 Å². The predicted octanol–water partition coefficient (Wildman–Crippen LogP) is 2.40. The first kappa shape index (κ1) is 22.1. The molecule has 0 aliphatic heterocycles. The van der Waals surface area contributed by atoms with Crippen LogP contribution >= 0.6 is 0 Å². The molecule has 1 amide bonds. The van der Waals surface area contributed by atoms with Crippen molar-refractivity contribution in [1.82, 2.24) is 9.62 Å². The highest BCUT2D eigenvalue weighted by atomic mass is 32.2. The number of nitrogens with one attached hydrogen (secondary N) is 1.